The van der Waals surface area contributed by atoms with Crippen LogP contribution in [-0.4, -0.2) is 78.3 Å². The molecule has 0 aromatic heterocycles. The van der Waals surface area contributed by atoms with Crippen molar-refractivity contribution in [3.63, 3.8) is 0 Å². The van der Waals surface area contributed by atoms with Crippen molar-refractivity contribution >= 4 is 41.2 Å². The first-order valence-electron chi connectivity index (χ1n) is 14.0. The zero-order chi connectivity index (χ0) is 30.8. The van der Waals surface area contributed by atoms with Gasteiger partial charge in [-0.25, -0.2) is 0 Å². The van der Waals surface area contributed by atoms with Gasteiger partial charge in [-0.3, -0.25) is 38.5 Å². The van der Waals surface area contributed by atoms with E-state index in [1.165, 1.54) is 11.8 Å². The summed E-state index contributed by atoms with van der Waals surface area (Å²) in [6, 6.07) is 8.09. The van der Waals surface area contributed by atoms with Crippen molar-refractivity contribution in [3.05, 3.63) is 35.9 Å². The molecule has 1 fully saturated rings. The highest BCUT2D eigenvalue weighted by Crippen LogP contribution is 2.19. The Kier molecular flexibility index (Phi) is 16.2. The Morgan fingerprint density at radius 3 is 2.10 bits per heavy atom. The number of hydrogen-bond donors (Lipinski definition) is 4. The molecule has 1 aliphatic heterocycles. The molecule has 6 amide bonds. The number of benzene rings is 1. The van der Waals surface area contributed by atoms with Crippen LogP contribution in [0.1, 0.15) is 65.4 Å². The minimum absolute atomic E-state index is 0.152. The minimum Gasteiger partial charge on any atom is -0.347 e. The van der Waals surface area contributed by atoms with E-state index < -0.39 is 30.3 Å². The lowest BCUT2D eigenvalue weighted by molar-refractivity contribution is -0.139. The molecule has 1 saturated heterocycles. The molecule has 0 spiro atoms. The van der Waals surface area contributed by atoms with Crippen LogP contribution >= 0.6 is 0 Å². The van der Waals surface area contributed by atoms with Crippen LogP contribution in [0, 0.1) is 5.92 Å². The van der Waals surface area contributed by atoms with Gasteiger partial charge in [0.1, 0.15) is 11.8 Å². The molecule has 1 aromatic rings. The van der Waals surface area contributed by atoms with Crippen molar-refractivity contribution in [2.75, 3.05) is 26.2 Å². The normalized spacial score (nSPS) is 14.8. The van der Waals surface area contributed by atoms with E-state index in [2.05, 4.69) is 21.3 Å². The first-order valence-corrected chi connectivity index (χ1v) is 14.0. The maximum Gasteiger partial charge on any atom is 0.243 e. The Balaban J connectivity index is 0.00000411. The fourth-order valence-electron chi connectivity index (χ4n) is 3.96. The molecule has 0 bridgehead atoms. The van der Waals surface area contributed by atoms with Gasteiger partial charge in [0, 0.05) is 31.7 Å². The van der Waals surface area contributed by atoms with Crippen LogP contribution in [0.25, 0.3) is 0 Å². The topological polar surface area (TPSA) is 171 Å². The molecule has 1 aromatic carbocycles. The summed E-state index contributed by atoms with van der Waals surface area (Å²) in [5.41, 5.74) is 0.806. The average Bonchev–Trinajstić information content (AvgIpc) is 3.20. The summed E-state index contributed by atoms with van der Waals surface area (Å²) < 4.78 is 0. The van der Waals surface area contributed by atoms with Gasteiger partial charge in [0.05, 0.1) is 19.6 Å². The van der Waals surface area contributed by atoms with Crippen molar-refractivity contribution in [1.29, 1.82) is 0 Å². The number of carbonyl (C=O) groups excluding carboxylic acids is 7. The zero-order valence-electron chi connectivity index (χ0n) is 24.4. The largest absolute Gasteiger partial charge is 0.347 e. The number of unbranched alkanes of at least 4 members (excludes halogenated alkanes) is 2. The second-order valence-corrected chi connectivity index (χ2v) is 9.58. The van der Waals surface area contributed by atoms with Crippen LogP contribution < -0.4 is 21.3 Å². The minimum atomic E-state index is -0.944. The van der Waals surface area contributed by atoms with Gasteiger partial charge < -0.3 is 21.3 Å². The quantitative estimate of drug-likeness (QED) is 0.166. The van der Waals surface area contributed by atoms with Crippen molar-refractivity contribution in [2.45, 2.75) is 72.3 Å². The van der Waals surface area contributed by atoms with E-state index in [0.29, 0.717) is 25.8 Å². The zero-order valence-corrected chi connectivity index (χ0v) is 24.4. The van der Waals surface area contributed by atoms with Crippen molar-refractivity contribution in [1.82, 2.24) is 26.2 Å². The van der Waals surface area contributed by atoms with Crippen molar-refractivity contribution < 1.29 is 33.6 Å². The average molecular weight is 574 g/mol. The van der Waals surface area contributed by atoms with Crippen LogP contribution in [0.5, 0.6) is 0 Å². The molecule has 41 heavy (non-hydrogen) atoms. The maximum atomic E-state index is 12.5. The van der Waals surface area contributed by atoms with Crippen LogP contribution in [0.3, 0.4) is 0 Å². The number of ketones is 1. The van der Waals surface area contributed by atoms with E-state index in [9.17, 15) is 33.6 Å². The Morgan fingerprint density at radius 2 is 1.49 bits per heavy atom. The number of nitrogens with zero attached hydrogens (tertiary/aromatic N) is 1. The van der Waals surface area contributed by atoms with E-state index >= 15 is 0 Å². The van der Waals surface area contributed by atoms with E-state index in [1.807, 2.05) is 19.9 Å². The fourth-order valence-corrected chi connectivity index (χ4v) is 3.96. The molecule has 0 aliphatic carbocycles. The van der Waals surface area contributed by atoms with Gasteiger partial charge in [0.25, 0.3) is 0 Å². The number of nitrogens with one attached hydrogen (secondary N) is 4. The standard InChI is InChI=1S/C27H37N5O7.C2H6/c1-18-13-25(37)32(27(18)39)12-8-4-7-11-22(34)28-16-23(35)29-17-24(36)31-21(26(38)30-15-19(2)33)14-20-9-5-3-6-10-20;1-2/h3,5-6,9-10,18,21H,4,7-8,11-17H2,1-2H3,(H,28,34)(H,29,35)(H,30,38)(H,31,36);1-2H3/t18?,21-;/m0./s1. The molecule has 226 valence electrons. The summed E-state index contributed by atoms with van der Waals surface area (Å²) >= 11 is 0. The maximum absolute atomic E-state index is 12.5. The number of imide groups is 1. The predicted molar refractivity (Wildman–Crippen MR) is 152 cm³/mol. The molecule has 2 atom stereocenters. The molecular formula is C29H43N5O7. The summed E-state index contributed by atoms with van der Waals surface area (Å²) in [4.78, 5) is 85.1. The highest BCUT2D eigenvalue weighted by atomic mass is 16.2. The van der Waals surface area contributed by atoms with Crippen molar-refractivity contribution in [2.24, 2.45) is 5.92 Å². The van der Waals surface area contributed by atoms with Crippen LogP contribution in [0.4, 0.5) is 0 Å². The molecule has 1 aliphatic rings. The molecule has 1 unspecified atom stereocenters. The van der Waals surface area contributed by atoms with E-state index in [0.717, 1.165) is 5.56 Å². The number of Topliss-reactive ketones (excluding diaryl/α,β-unsaturated/α-hetero) is 1. The summed E-state index contributed by atoms with van der Waals surface area (Å²) in [5, 5.41) is 9.92. The van der Waals surface area contributed by atoms with Gasteiger partial charge in [0.15, 0.2) is 0 Å². The molecule has 12 heteroatoms. The van der Waals surface area contributed by atoms with Crippen LogP contribution in [-0.2, 0) is 40.0 Å². The predicted octanol–water partition coefficient (Wildman–Crippen LogP) is 0.633. The number of rotatable bonds is 16. The van der Waals surface area contributed by atoms with E-state index in [4.69, 9.17) is 0 Å². The number of amides is 6. The summed E-state index contributed by atoms with van der Waals surface area (Å²) in [5.74, 6) is -2.83. The van der Waals surface area contributed by atoms with Gasteiger partial charge in [-0.15, -0.1) is 0 Å². The van der Waals surface area contributed by atoms with Crippen LogP contribution in [0.2, 0.25) is 0 Å². The molecular weight excluding hydrogens is 530 g/mol. The highest BCUT2D eigenvalue weighted by molar-refractivity contribution is 6.03. The highest BCUT2D eigenvalue weighted by Gasteiger charge is 2.34. The number of carbonyl (C=O) groups is 7. The van der Waals surface area contributed by atoms with Gasteiger partial charge in [-0.05, 0) is 25.3 Å². The molecule has 4 N–H and O–H groups in total. The molecule has 0 radical (unpaired) electrons. The Bertz CT molecular complexity index is 1060. The third-order valence-corrected chi connectivity index (χ3v) is 6.09. The summed E-state index contributed by atoms with van der Waals surface area (Å²) in [6.07, 6.45) is 2.42. The first-order chi connectivity index (χ1) is 19.6. The third-order valence-electron chi connectivity index (χ3n) is 6.09. The van der Waals surface area contributed by atoms with E-state index in [-0.39, 0.29) is 61.8 Å². The number of hydrogen-bond acceptors (Lipinski definition) is 7. The molecule has 1 heterocycles. The van der Waals surface area contributed by atoms with Gasteiger partial charge in [0.2, 0.25) is 35.4 Å². The van der Waals surface area contributed by atoms with Gasteiger partial charge in [-0.2, -0.15) is 0 Å². The summed E-state index contributed by atoms with van der Waals surface area (Å²) in [7, 11) is 0. The lowest BCUT2D eigenvalue weighted by atomic mass is 10.1. The Labute approximate surface area is 241 Å². The third kappa shape index (κ3) is 13.7. The lowest BCUT2D eigenvalue weighted by Gasteiger charge is -2.18. The molecule has 2 rings (SSSR count). The second-order valence-electron chi connectivity index (χ2n) is 9.58. The SMILES string of the molecule is CC.CC(=O)CNC(=O)[C@H](Cc1ccccc1)NC(=O)CNC(=O)CNC(=O)CCCCCN1C(=O)CC(C)C1=O. The first kappa shape index (κ1) is 34.9. The van der Waals surface area contributed by atoms with E-state index in [1.54, 1.807) is 31.2 Å². The number of likely N-dealkylation sites (tertiary alicyclic amines) is 1. The monoisotopic (exact) mass is 573 g/mol. The second kappa shape index (κ2) is 19.1. The van der Waals surface area contributed by atoms with Crippen LogP contribution in [0.15, 0.2) is 30.3 Å². The van der Waals surface area contributed by atoms with Crippen molar-refractivity contribution in [3.8, 4) is 0 Å². The van der Waals surface area contributed by atoms with Gasteiger partial charge >= 0.3 is 0 Å². The fraction of sp³-hybridized carbons (Fsp3) is 0.552. The Hall–Kier alpha value is -4.09. The smallest absolute Gasteiger partial charge is 0.243 e. The van der Waals surface area contributed by atoms with Gasteiger partial charge in [-0.1, -0.05) is 57.5 Å². The molecule has 12 nitrogen and oxygen atoms in total. The molecule has 0 saturated carbocycles. The summed E-state index contributed by atoms with van der Waals surface area (Å²) in [6.45, 7) is 6.54. The lowest BCUT2D eigenvalue weighted by Crippen LogP contribution is -2.51. The Morgan fingerprint density at radius 1 is 0.854 bits per heavy atom.